The fourth-order valence-corrected chi connectivity index (χ4v) is 2.58. The van der Waals surface area contributed by atoms with E-state index in [0.29, 0.717) is 31.9 Å². The van der Waals surface area contributed by atoms with Crippen molar-refractivity contribution in [3.63, 3.8) is 0 Å². The molecule has 1 amide bonds. The van der Waals surface area contributed by atoms with E-state index in [9.17, 15) is 4.79 Å². The minimum Gasteiger partial charge on any atom is -0.371 e. The number of nitrogens with two attached hydrogens (primary N) is 1. The van der Waals surface area contributed by atoms with Crippen LogP contribution < -0.4 is 5.73 Å². The number of morpholine rings is 1. The van der Waals surface area contributed by atoms with Crippen molar-refractivity contribution in [2.75, 3.05) is 19.6 Å². The van der Waals surface area contributed by atoms with Gasteiger partial charge in [-0.2, -0.15) is 0 Å². The fraction of sp³-hybridized carbons (Fsp3) is 0.727. The molecule has 1 aromatic rings. The number of fused-ring (bicyclic) bond motifs is 2. The Morgan fingerprint density at radius 2 is 2.17 bits per heavy atom. The molecule has 7 heteroatoms. The summed E-state index contributed by atoms with van der Waals surface area (Å²) < 4.78 is 7.31. The number of carbonyl (C=O) groups excluding carboxylic acids is 1. The second-order valence-electron chi connectivity index (χ2n) is 4.82. The molecule has 2 unspecified atom stereocenters. The van der Waals surface area contributed by atoms with Gasteiger partial charge in [0, 0.05) is 19.6 Å². The molecule has 98 valence electrons. The SMILES string of the molecule is NCCn1cc(C(=O)N2CC3CCC(C2)O3)nn1. The molecule has 2 atom stereocenters. The molecule has 2 aliphatic rings. The molecule has 2 saturated heterocycles. The molecular weight excluding hydrogens is 234 g/mol. The van der Waals surface area contributed by atoms with Gasteiger partial charge >= 0.3 is 0 Å². The molecule has 2 fully saturated rings. The Balaban J connectivity index is 1.69. The zero-order valence-corrected chi connectivity index (χ0v) is 10.2. The highest BCUT2D eigenvalue weighted by Crippen LogP contribution is 2.26. The molecule has 1 aromatic heterocycles. The van der Waals surface area contributed by atoms with Gasteiger partial charge < -0.3 is 15.4 Å². The lowest BCUT2D eigenvalue weighted by molar-refractivity contribution is -0.0305. The molecule has 3 rings (SSSR count). The maximum absolute atomic E-state index is 12.3. The number of ether oxygens (including phenoxy) is 1. The van der Waals surface area contributed by atoms with E-state index in [1.807, 2.05) is 4.90 Å². The number of amides is 1. The Kier molecular flexibility index (Phi) is 3.00. The first kappa shape index (κ1) is 11.6. The summed E-state index contributed by atoms with van der Waals surface area (Å²) >= 11 is 0. The number of aromatic nitrogens is 3. The van der Waals surface area contributed by atoms with Crippen molar-refractivity contribution < 1.29 is 9.53 Å². The first-order valence-corrected chi connectivity index (χ1v) is 6.31. The number of nitrogens with zero attached hydrogens (tertiary/aromatic N) is 4. The number of rotatable bonds is 3. The molecule has 3 heterocycles. The van der Waals surface area contributed by atoms with Crippen LogP contribution in [0.2, 0.25) is 0 Å². The number of hydrogen-bond acceptors (Lipinski definition) is 5. The van der Waals surface area contributed by atoms with Gasteiger partial charge in [-0.15, -0.1) is 5.10 Å². The van der Waals surface area contributed by atoms with Crippen LogP contribution in [0.25, 0.3) is 0 Å². The summed E-state index contributed by atoms with van der Waals surface area (Å²) in [5, 5.41) is 7.79. The van der Waals surface area contributed by atoms with Gasteiger partial charge in [0.25, 0.3) is 5.91 Å². The molecule has 0 radical (unpaired) electrons. The van der Waals surface area contributed by atoms with Crippen molar-refractivity contribution in [3.05, 3.63) is 11.9 Å². The third-order valence-corrected chi connectivity index (χ3v) is 3.45. The van der Waals surface area contributed by atoms with Gasteiger partial charge in [-0.1, -0.05) is 5.21 Å². The lowest BCUT2D eigenvalue weighted by Gasteiger charge is -2.31. The molecule has 2 N–H and O–H groups in total. The Morgan fingerprint density at radius 3 is 2.83 bits per heavy atom. The average Bonchev–Trinajstić information content (AvgIpc) is 2.96. The van der Waals surface area contributed by atoms with Crippen LogP contribution in [-0.2, 0) is 11.3 Å². The number of likely N-dealkylation sites (tertiary alicyclic amines) is 1. The van der Waals surface area contributed by atoms with Crippen LogP contribution in [0.5, 0.6) is 0 Å². The van der Waals surface area contributed by atoms with Crippen LogP contribution in [0, 0.1) is 0 Å². The van der Waals surface area contributed by atoms with E-state index < -0.39 is 0 Å². The lowest BCUT2D eigenvalue weighted by Crippen LogP contribution is -2.45. The first-order chi connectivity index (χ1) is 8.76. The second kappa shape index (κ2) is 4.66. The smallest absolute Gasteiger partial charge is 0.276 e. The molecule has 18 heavy (non-hydrogen) atoms. The Bertz CT molecular complexity index is 434. The van der Waals surface area contributed by atoms with Crippen molar-refractivity contribution in [1.82, 2.24) is 19.9 Å². The van der Waals surface area contributed by atoms with Gasteiger partial charge in [0.05, 0.1) is 24.9 Å². The largest absolute Gasteiger partial charge is 0.371 e. The quantitative estimate of drug-likeness (QED) is 0.763. The monoisotopic (exact) mass is 251 g/mol. The first-order valence-electron chi connectivity index (χ1n) is 6.31. The third-order valence-electron chi connectivity index (χ3n) is 3.45. The number of carbonyl (C=O) groups is 1. The summed E-state index contributed by atoms with van der Waals surface area (Å²) in [6, 6.07) is 0. The van der Waals surface area contributed by atoms with Crippen LogP contribution >= 0.6 is 0 Å². The minimum absolute atomic E-state index is 0.0570. The van der Waals surface area contributed by atoms with Crippen LogP contribution in [0.3, 0.4) is 0 Å². The summed E-state index contributed by atoms with van der Waals surface area (Å²) in [6.45, 7) is 2.39. The van der Waals surface area contributed by atoms with Gasteiger partial charge in [0.1, 0.15) is 0 Å². The third kappa shape index (κ3) is 2.11. The zero-order chi connectivity index (χ0) is 12.5. The van der Waals surface area contributed by atoms with E-state index in [1.165, 1.54) is 0 Å². The predicted octanol–water partition coefficient (Wildman–Crippen LogP) is -0.760. The molecule has 7 nitrogen and oxygen atoms in total. The van der Waals surface area contributed by atoms with Crippen molar-refractivity contribution in [1.29, 1.82) is 0 Å². The van der Waals surface area contributed by atoms with Gasteiger partial charge in [-0.25, -0.2) is 0 Å². The molecule has 0 spiro atoms. The summed E-state index contributed by atoms with van der Waals surface area (Å²) in [4.78, 5) is 14.1. The van der Waals surface area contributed by atoms with E-state index in [1.54, 1.807) is 10.9 Å². The standard InChI is InChI=1S/C11H17N5O2/c12-3-4-16-7-10(13-14-16)11(17)15-5-8-1-2-9(6-15)18-8/h7-9H,1-6,12H2. The van der Waals surface area contributed by atoms with Crippen LogP contribution in [0.1, 0.15) is 23.3 Å². The fourth-order valence-electron chi connectivity index (χ4n) is 2.58. The van der Waals surface area contributed by atoms with Crippen molar-refractivity contribution >= 4 is 5.91 Å². The molecular formula is C11H17N5O2. The van der Waals surface area contributed by atoms with E-state index in [-0.39, 0.29) is 18.1 Å². The van der Waals surface area contributed by atoms with Gasteiger partial charge in [-0.3, -0.25) is 9.48 Å². The zero-order valence-electron chi connectivity index (χ0n) is 10.2. The lowest BCUT2D eigenvalue weighted by atomic mass is 10.2. The van der Waals surface area contributed by atoms with Crippen LogP contribution in [0.15, 0.2) is 6.20 Å². The highest BCUT2D eigenvalue weighted by molar-refractivity contribution is 5.92. The van der Waals surface area contributed by atoms with E-state index in [0.717, 1.165) is 12.8 Å². The van der Waals surface area contributed by atoms with Crippen molar-refractivity contribution in [3.8, 4) is 0 Å². The van der Waals surface area contributed by atoms with Gasteiger partial charge in [-0.05, 0) is 12.8 Å². The average molecular weight is 251 g/mol. The Hall–Kier alpha value is -1.47. The summed E-state index contributed by atoms with van der Waals surface area (Å²) in [6.07, 6.45) is 4.16. The minimum atomic E-state index is -0.0570. The molecule has 2 aliphatic heterocycles. The van der Waals surface area contributed by atoms with Crippen LogP contribution in [-0.4, -0.2) is 57.6 Å². The highest BCUT2D eigenvalue weighted by atomic mass is 16.5. The maximum Gasteiger partial charge on any atom is 0.276 e. The summed E-state index contributed by atoms with van der Waals surface area (Å²) in [5.74, 6) is -0.0570. The highest BCUT2D eigenvalue weighted by Gasteiger charge is 2.36. The topological polar surface area (TPSA) is 86.3 Å². The maximum atomic E-state index is 12.3. The van der Waals surface area contributed by atoms with E-state index in [2.05, 4.69) is 10.3 Å². The molecule has 2 bridgehead atoms. The Labute approximate surface area is 105 Å². The van der Waals surface area contributed by atoms with Crippen molar-refractivity contribution in [2.45, 2.75) is 31.6 Å². The predicted molar refractivity (Wildman–Crippen MR) is 62.9 cm³/mol. The summed E-state index contributed by atoms with van der Waals surface area (Å²) in [7, 11) is 0. The molecule has 0 saturated carbocycles. The van der Waals surface area contributed by atoms with Crippen LogP contribution in [0.4, 0.5) is 0 Å². The van der Waals surface area contributed by atoms with E-state index >= 15 is 0 Å². The second-order valence-corrected chi connectivity index (χ2v) is 4.82. The molecule has 0 aromatic carbocycles. The molecule has 0 aliphatic carbocycles. The number of hydrogen-bond donors (Lipinski definition) is 1. The Morgan fingerprint density at radius 1 is 1.44 bits per heavy atom. The van der Waals surface area contributed by atoms with Crippen molar-refractivity contribution in [2.24, 2.45) is 5.73 Å². The van der Waals surface area contributed by atoms with Gasteiger partial charge in [0.2, 0.25) is 0 Å². The summed E-state index contributed by atoms with van der Waals surface area (Å²) in [5.41, 5.74) is 5.83. The normalized spacial score (nSPS) is 26.6. The van der Waals surface area contributed by atoms with Gasteiger partial charge in [0.15, 0.2) is 5.69 Å². The van der Waals surface area contributed by atoms with E-state index in [4.69, 9.17) is 10.5 Å².